The number of anilines is 1. The highest BCUT2D eigenvalue weighted by molar-refractivity contribution is 7.99. The zero-order chi connectivity index (χ0) is 20.8. The summed E-state index contributed by atoms with van der Waals surface area (Å²) in [5.74, 6) is 2.95. The van der Waals surface area contributed by atoms with Crippen LogP contribution in [0.4, 0.5) is 5.69 Å². The van der Waals surface area contributed by atoms with Gasteiger partial charge < -0.3 is 24.3 Å². The predicted octanol–water partition coefficient (Wildman–Crippen LogP) is 4.78. The molecule has 8 heteroatoms. The topological polar surface area (TPSA) is 66.0 Å². The molecule has 0 aliphatic carbocycles. The van der Waals surface area contributed by atoms with E-state index >= 15 is 0 Å². The number of nitrogens with one attached hydrogen (secondary N) is 1. The monoisotopic (exact) mass is 437 g/mol. The number of amides is 1. The van der Waals surface area contributed by atoms with Gasteiger partial charge in [-0.1, -0.05) is 11.6 Å². The van der Waals surface area contributed by atoms with E-state index in [0.29, 0.717) is 52.7 Å². The second-order valence-electron chi connectivity index (χ2n) is 6.47. The molecule has 2 aromatic carbocycles. The van der Waals surface area contributed by atoms with Crippen LogP contribution in [-0.4, -0.2) is 38.6 Å². The molecule has 0 aromatic heterocycles. The van der Waals surface area contributed by atoms with Crippen LogP contribution in [0.1, 0.15) is 18.9 Å². The molecule has 1 aliphatic heterocycles. The van der Waals surface area contributed by atoms with E-state index < -0.39 is 0 Å². The fourth-order valence-electron chi connectivity index (χ4n) is 2.82. The van der Waals surface area contributed by atoms with Crippen molar-refractivity contribution >= 4 is 35.0 Å². The van der Waals surface area contributed by atoms with Gasteiger partial charge in [-0.25, -0.2) is 0 Å². The highest BCUT2D eigenvalue weighted by Crippen LogP contribution is 2.39. The summed E-state index contributed by atoms with van der Waals surface area (Å²) in [5.41, 5.74) is 1.63. The van der Waals surface area contributed by atoms with E-state index in [9.17, 15) is 4.79 Å². The van der Waals surface area contributed by atoms with Crippen LogP contribution in [-0.2, 0) is 10.5 Å². The first-order chi connectivity index (χ1) is 14.0. The standard InChI is InChI=1S/C21H24ClNO5S/c1-13(21(24)23-15-5-6-17(25-2)18(11-15)26-3)29-12-14-9-16(22)20-19(10-14)27-7-4-8-28-20/h5-6,9-11,13H,4,7-8,12H2,1-3H3,(H,23,24)/t13-/m0/s1. The van der Waals surface area contributed by atoms with Gasteiger partial charge in [0.05, 0.1) is 37.7 Å². The van der Waals surface area contributed by atoms with Crippen molar-refractivity contribution in [3.63, 3.8) is 0 Å². The zero-order valence-electron chi connectivity index (χ0n) is 16.6. The highest BCUT2D eigenvalue weighted by Gasteiger charge is 2.18. The SMILES string of the molecule is COc1ccc(NC(=O)[C@H](C)SCc2cc(Cl)c3c(c2)OCCCO3)cc1OC. The molecule has 1 atom stereocenters. The molecular weight excluding hydrogens is 414 g/mol. The summed E-state index contributed by atoms with van der Waals surface area (Å²) in [6, 6.07) is 9.06. The van der Waals surface area contributed by atoms with Gasteiger partial charge in [-0.2, -0.15) is 0 Å². The number of rotatable bonds is 7. The third-order valence-corrected chi connectivity index (χ3v) is 5.88. The first-order valence-corrected chi connectivity index (χ1v) is 10.7. The van der Waals surface area contributed by atoms with Crippen LogP contribution >= 0.6 is 23.4 Å². The first kappa shape index (κ1) is 21.5. The number of hydrogen-bond donors (Lipinski definition) is 1. The maximum absolute atomic E-state index is 12.6. The van der Waals surface area contributed by atoms with Gasteiger partial charge >= 0.3 is 0 Å². The number of hydrogen-bond acceptors (Lipinski definition) is 6. The molecule has 0 fully saturated rings. The van der Waals surface area contributed by atoms with Crippen LogP contribution in [0, 0.1) is 0 Å². The lowest BCUT2D eigenvalue weighted by molar-refractivity contribution is -0.115. The number of fused-ring (bicyclic) bond motifs is 1. The summed E-state index contributed by atoms with van der Waals surface area (Å²) in [6.45, 7) is 3.06. The Bertz CT molecular complexity index is 876. The number of benzene rings is 2. The van der Waals surface area contributed by atoms with Crippen molar-refractivity contribution in [1.82, 2.24) is 0 Å². The van der Waals surface area contributed by atoms with Crippen LogP contribution in [0.25, 0.3) is 0 Å². The minimum absolute atomic E-state index is 0.0948. The molecule has 0 spiro atoms. The normalized spacial score (nSPS) is 13.9. The Morgan fingerprint density at radius 3 is 2.69 bits per heavy atom. The Labute approximate surface area is 179 Å². The maximum Gasteiger partial charge on any atom is 0.237 e. The minimum atomic E-state index is -0.266. The molecule has 0 radical (unpaired) electrons. The van der Waals surface area contributed by atoms with E-state index in [1.54, 1.807) is 32.4 Å². The number of halogens is 1. The Hall–Kier alpha value is -2.25. The summed E-state index contributed by atoms with van der Waals surface area (Å²) in [4.78, 5) is 12.6. The number of methoxy groups -OCH3 is 2. The molecule has 1 aliphatic rings. The number of carbonyl (C=O) groups is 1. The van der Waals surface area contributed by atoms with Crippen LogP contribution < -0.4 is 24.3 Å². The van der Waals surface area contributed by atoms with Crippen molar-refractivity contribution in [3.05, 3.63) is 40.9 Å². The summed E-state index contributed by atoms with van der Waals surface area (Å²) in [5, 5.41) is 3.17. The Morgan fingerprint density at radius 1 is 1.17 bits per heavy atom. The number of carbonyl (C=O) groups excluding carboxylic acids is 1. The molecular formula is C21H24ClNO5S. The Morgan fingerprint density at radius 2 is 1.93 bits per heavy atom. The molecule has 3 rings (SSSR count). The molecule has 1 heterocycles. The van der Waals surface area contributed by atoms with Crippen molar-refractivity contribution in [2.24, 2.45) is 0 Å². The van der Waals surface area contributed by atoms with Gasteiger partial charge in [-0.3, -0.25) is 4.79 Å². The molecule has 6 nitrogen and oxygen atoms in total. The molecule has 0 saturated carbocycles. The van der Waals surface area contributed by atoms with E-state index in [1.165, 1.54) is 11.8 Å². The van der Waals surface area contributed by atoms with Gasteiger partial charge in [0, 0.05) is 23.9 Å². The molecule has 2 aromatic rings. The van der Waals surface area contributed by atoms with Crippen LogP contribution in [0.5, 0.6) is 23.0 Å². The second-order valence-corrected chi connectivity index (χ2v) is 8.20. The predicted molar refractivity (Wildman–Crippen MR) is 116 cm³/mol. The first-order valence-electron chi connectivity index (χ1n) is 9.24. The van der Waals surface area contributed by atoms with Gasteiger partial charge in [0.15, 0.2) is 23.0 Å². The highest BCUT2D eigenvalue weighted by atomic mass is 35.5. The van der Waals surface area contributed by atoms with Crippen molar-refractivity contribution in [2.75, 3.05) is 32.8 Å². The van der Waals surface area contributed by atoms with Gasteiger partial charge in [0.2, 0.25) is 5.91 Å². The van der Waals surface area contributed by atoms with E-state index in [0.717, 1.165) is 12.0 Å². The van der Waals surface area contributed by atoms with Crippen LogP contribution in [0.3, 0.4) is 0 Å². The van der Waals surface area contributed by atoms with Crippen molar-refractivity contribution in [1.29, 1.82) is 0 Å². The fourth-order valence-corrected chi connectivity index (χ4v) is 3.93. The van der Waals surface area contributed by atoms with E-state index in [1.807, 2.05) is 19.1 Å². The zero-order valence-corrected chi connectivity index (χ0v) is 18.2. The maximum atomic E-state index is 12.6. The molecule has 0 unspecified atom stereocenters. The molecule has 0 bridgehead atoms. The van der Waals surface area contributed by atoms with Crippen molar-refractivity contribution in [2.45, 2.75) is 24.3 Å². The molecule has 1 amide bonds. The molecule has 29 heavy (non-hydrogen) atoms. The average Bonchev–Trinajstić information content (AvgIpc) is 2.97. The average molecular weight is 438 g/mol. The molecule has 0 saturated heterocycles. The summed E-state index contributed by atoms with van der Waals surface area (Å²) >= 11 is 7.86. The van der Waals surface area contributed by atoms with Gasteiger partial charge in [-0.05, 0) is 36.8 Å². The lowest BCUT2D eigenvalue weighted by Gasteiger charge is -2.15. The quantitative estimate of drug-likeness (QED) is 0.672. The van der Waals surface area contributed by atoms with Crippen LogP contribution in [0.2, 0.25) is 5.02 Å². The number of thioether (sulfide) groups is 1. The summed E-state index contributed by atoms with van der Waals surface area (Å²) in [7, 11) is 3.13. The molecule has 156 valence electrons. The third-order valence-electron chi connectivity index (χ3n) is 4.38. The summed E-state index contributed by atoms with van der Waals surface area (Å²) in [6.07, 6.45) is 0.822. The fraction of sp³-hybridized carbons (Fsp3) is 0.381. The second kappa shape index (κ2) is 9.98. The van der Waals surface area contributed by atoms with E-state index in [-0.39, 0.29) is 11.2 Å². The van der Waals surface area contributed by atoms with Crippen LogP contribution in [0.15, 0.2) is 30.3 Å². The lowest BCUT2D eigenvalue weighted by Crippen LogP contribution is -2.22. The third kappa shape index (κ3) is 5.42. The van der Waals surface area contributed by atoms with E-state index in [2.05, 4.69) is 5.32 Å². The Kier molecular flexibility index (Phi) is 7.39. The Balaban J connectivity index is 1.60. The minimum Gasteiger partial charge on any atom is -0.493 e. The van der Waals surface area contributed by atoms with E-state index in [4.69, 9.17) is 30.5 Å². The van der Waals surface area contributed by atoms with Crippen molar-refractivity contribution < 1.29 is 23.7 Å². The van der Waals surface area contributed by atoms with Gasteiger partial charge in [-0.15, -0.1) is 11.8 Å². The van der Waals surface area contributed by atoms with Gasteiger partial charge in [0.1, 0.15) is 0 Å². The largest absolute Gasteiger partial charge is 0.493 e. The summed E-state index contributed by atoms with van der Waals surface area (Å²) < 4.78 is 21.9. The van der Waals surface area contributed by atoms with Crippen molar-refractivity contribution in [3.8, 4) is 23.0 Å². The van der Waals surface area contributed by atoms with Gasteiger partial charge in [0.25, 0.3) is 0 Å². The smallest absolute Gasteiger partial charge is 0.237 e. The number of ether oxygens (including phenoxy) is 4. The molecule has 1 N–H and O–H groups in total. The lowest BCUT2D eigenvalue weighted by atomic mass is 10.2.